The van der Waals surface area contributed by atoms with Gasteiger partial charge in [-0.1, -0.05) is 0 Å². The first-order valence-electron chi connectivity index (χ1n) is 12.4. The van der Waals surface area contributed by atoms with E-state index >= 15 is 4.39 Å². The summed E-state index contributed by atoms with van der Waals surface area (Å²) >= 11 is 0. The number of fused-ring (bicyclic) bond motifs is 1. The van der Waals surface area contributed by atoms with Crippen LogP contribution in [0, 0.1) is 11.7 Å². The van der Waals surface area contributed by atoms with Gasteiger partial charge in [-0.2, -0.15) is 0 Å². The highest BCUT2D eigenvalue weighted by Gasteiger charge is 2.41. The van der Waals surface area contributed by atoms with Gasteiger partial charge in [-0.25, -0.2) is 4.39 Å². The van der Waals surface area contributed by atoms with Crippen molar-refractivity contribution in [1.82, 2.24) is 20.4 Å². The molecular weight excluding hydrogens is 437 g/mol. The number of hydrogen-bond acceptors (Lipinski definition) is 6. The van der Waals surface area contributed by atoms with Gasteiger partial charge in [0.15, 0.2) is 5.82 Å². The fourth-order valence-corrected chi connectivity index (χ4v) is 5.87. The van der Waals surface area contributed by atoms with Crippen LogP contribution in [0.1, 0.15) is 55.5 Å². The average Bonchev–Trinajstić information content (AvgIpc) is 3.13. The molecule has 3 amide bonds. The first-order chi connectivity index (χ1) is 16.2. The molecule has 0 aliphatic carbocycles. The second-order valence-corrected chi connectivity index (χ2v) is 10.7. The van der Waals surface area contributed by atoms with Crippen LogP contribution in [0.2, 0.25) is 0 Å². The molecule has 5 rings (SSSR count). The molecule has 34 heavy (non-hydrogen) atoms. The van der Waals surface area contributed by atoms with Crippen LogP contribution in [-0.2, 0) is 16.1 Å². The van der Waals surface area contributed by atoms with E-state index in [4.69, 9.17) is 0 Å². The van der Waals surface area contributed by atoms with Crippen molar-refractivity contribution in [1.29, 1.82) is 0 Å². The molecular formula is C25H34FN5O3. The molecule has 0 bridgehead atoms. The molecule has 1 aromatic carbocycles. The van der Waals surface area contributed by atoms with Crippen LogP contribution in [-0.4, -0.2) is 78.4 Å². The standard InChI is InChI=1S/C25H34FN5O3/c1-25(2)15-27-9-12-30(25)13-16-7-10-29(11-8-16)19-4-3-17-18(22(19)26)14-31(24(17)34)20-5-6-21(32)28-23(20)33/h3-4,16,20,27H,5-15H2,1-2H3,(H,28,32,33). The summed E-state index contributed by atoms with van der Waals surface area (Å²) in [4.78, 5) is 42.7. The number of rotatable bonds is 4. The Bertz CT molecular complexity index is 1000. The van der Waals surface area contributed by atoms with Crippen LogP contribution in [0.5, 0.6) is 0 Å². The normalized spacial score (nSPS) is 26.1. The van der Waals surface area contributed by atoms with Crippen LogP contribution >= 0.6 is 0 Å². The Morgan fingerprint density at radius 2 is 1.85 bits per heavy atom. The van der Waals surface area contributed by atoms with Crippen molar-refractivity contribution in [2.24, 2.45) is 5.92 Å². The van der Waals surface area contributed by atoms with E-state index < -0.39 is 11.9 Å². The maximum absolute atomic E-state index is 15.6. The maximum atomic E-state index is 15.6. The lowest BCUT2D eigenvalue weighted by molar-refractivity contribution is -0.136. The molecule has 2 N–H and O–H groups in total. The summed E-state index contributed by atoms with van der Waals surface area (Å²) in [6.07, 6.45) is 2.48. The molecule has 0 spiro atoms. The molecule has 4 aliphatic heterocycles. The molecule has 3 fully saturated rings. The molecule has 1 aromatic rings. The molecule has 1 unspecified atom stereocenters. The minimum atomic E-state index is -0.731. The molecule has 184 valence electrons. The Labute approximate surface area is 199 Å². The largest absolute Gasteiger partial charge is 0.369 e. The summed E-state index contributed by atoms with van der Waals surface area (Å²) in [5.41, 5.74) is 1.37. The van der Waals surface area contributed by atoms with E-state index in [0.29, 0.717) is 22.7 Å². The lowest BCUT2D eigenvalue weighted by Gasteiger charge is -2.45. The number of carbonyl (C=O) groups is 3. The van der Waals surface area contributed by atoms with Gasteiger partial charge in [0.05, 0.1) is 12.2 Å². The lowest BCUT2D eigenvalue weighted by atomic mass is 9.92. The summed E-state index contributed by atoms with van der Waals surface area (Å²) < 4.78 is 15.6. The Balaban J connectivity index is 1.25. The van der Waals surface area contributed by atoms with Gasteiger partial charge in [-0.3, -0.25) is 24.6 Å². The maximum Gasteiger partial charge on any atom is 0.255 e. The van der Waals surface area contributed by atoms with Gasteiger partial charge in [0, 0.05) is 62.4 Å². The average molecular weight is 472 g/mol. The van der Waals surface area contributed by atoms with E-state index in [-0.39, 0.29) is 42.6 Å². The molecule has 9 heteroatoms. The van der Waals surface area contributed by atoms with Gasteiger partial charge in [0.25, 0.3) is 5.91 Å². The van der Waals surface area contributed by atoms with Crippen LogP contribution < -0.4 is 15.5 Å². The third kappa shape index (κ3) is 4.20. The fraction of sp³-hybridized carbons (Fsp3) is 0.640. The monoisotopic (exact) mass is 471 g/mol. The molecule has 4 aliphatic rings. The molecule has 4 heterocycles. The highest BCUT2D eigenvalue weighted by molar-refractivity contribution is 6.05. The van der Waals surface area contributed by atoms with Gasteiger partial charge in [-0.15, -0.1) is 0 Å². The number of piperidine rings is 2. The van der Waals surface area contributed by atoms with Gasteiger partial charge in [0.1, 0.15) is 6.04 Å². The molecule has 1 atom stereocenters. The van der Waals surface area contributed by atoms with E-state index in [1.54, 1.807) is 12.1 Å². The first-order valence-corrected chi connectivity index (χ1v) is 12.4. The highest BCUT2D eigenvalue weighted by Crippen LogP contribution is 2.35. The fourth-order valence-electron chi connectivity index (χ4n) is 5.87. The number of nitrogens with zero attached hydrogens (tertiary/aromatic N) is 3. The molecule has 0 radical (unpaired) electrons. The minimum absolute atomic E-state index is 0.0641. The predicted molar refractivity (Wildman–Crippen MR) is 126 cm³/mol. The number of amides is 3. The van der Waals surface area contributed by atoms with Crippen molar-refractivity contribution in [2.45, 2.75) is 57.7 Å². The third-order valence-electron chi connectivity index (χ3n) is 8.03. The summed E-state index contributed by atoms with van der Waals surface area (Å²) in [5, 5.41) is 5.76. The summed E-state index contributed by atoms with van der Waals surface area (Å²) in [7, 11) is 0. The van der Waals surface area contributed by atoms with Gasteiger partial charge >= 0.3 is 0 Å². The van der Waals surface area contributed by atoms with Crippen molar-refractivity contribution >= 4 is 23.4 Å². The smallest absolute Gasteiger partial charge is 0.255 e. The van der Waals surface area contributed by atoms with Crippen molar-refractivity contribution < 1.29 is 18.8 Å². The predicted octanol–water partition coefficient (Wildman–Crippen LogP) is 1.49. The summed E-state index contributed by atoms with van der Waals surface area (Å²) in [6.45, 7) is 10.4. The van der Waals surface area contributed by atoms with Gasteiger partial charge < -0.3 is 15.1 Å². The van der Waals surface area contributed by atoms with Crippen molar-refractivity contribution in [2.75, 3.05) is 44.2 Å². The Hall–Kier alpha value is -2.52. The SMILES string of the molecule is CC1(C)CNCCN1CC1CCN(c2ccc3c(c2F)CN(C2CCC(=O)NC2=O)C3=O)CC1. The number of anilines is 1. The quantitative estimate of drug-likeness (QED) is 0.648. The number of nitrogens with one attached hydrogen (secondary N) is 2. The number of carbonyl (C=O) groups excluding carboxylic acids is 3. The van der Waals surface area contributed by atoms with Crippen LogP contribution in [0.25, 0.3) is 0 Å². The van der Waals surface area contributed by atoms with Crippen LogP contribution in [0.4, 0.5) is 10.1 Å². The highest BCUT2D eigenvalue weighted by atomic mass is 19.1. The second-order valence-electron chi connectivity index (χ2n) is 10.7. The third-order valence-corrected chi connectivity index (χ3v) is 8.03. The van der Waals surface area contributed by atoms with E-state index in [9.17, 15) is 14.4 Å². The van der Waals surface area contributed by atoms with Gasteiger partial charge in [-0.05, 0) is 51.2 Å². The Morgan fingerprint density at radius 3 is 2.56 bits per heavy atom. The Morgan fingerprint density at radius 1 is 1.09 bits per heavy atom. The second kappa shape index (κ2) is 8.92. The van der Waals surface area contributed by atoms with Crippen molar-refractivity contribution in [3.63, 3.8) is 0 Å². The minimum Gasteiger partial charge on any atom is -0.369 e. The molecule has 0 aromatic heterocycles. The Kier molecular flexibility index (Phi) is 6.10. The van der Waals surface area contributed by atoms with Crippen molar-refractivity contribution in [3.8, 4) is 0 Å². The zero-order chi connectivity index (χ0) is 24.0. The number of hydrogen-bond donors (Lipinski definition) is 2. The zero-order valence-corrected chi connectivity index (χ0v) is 20.0. The summed E-state index contributed by atoms with van der Waals surface area (Å²) in [6, 6.07) is 2.67. The number of benzene rings is 1. The van der Waals surface area contributed by atoms with E-state index in [2.05, 4.69) is 34.3 Å². The topological polar surface area (TPSA) is 85.0 Å². The number of halogens is 1. The van der Waals surface area contributed by atoms with E-state index in [1.807, 2.05) is 0 Å². The molecule has 3 saturated heterocycles. The number of piperazine rings is 1. The van der Waals surface area contributed by atoms with E-state index in [1.165, 1.54) is 4.90 Å². The van der Waals surface area contributed by atoms with Gasteiger partial charge in [0.2, 0.25) is 11.8 Å². The van der Waals surface area contributed by atoms with Crippen LogP contribution in [0.3, 0.4) is 0 Å². The first kappa shape index (κ1) is 23.2. The zero-order valence-electron chi connectivity index (χ0n) is 20.0. The van der Waals surface area contributed by atoms with Crippen LogP contribution in [0.15, 0.2) is 12.1 Å². The molecule has 0 saturated carbocycles. The van der Waals surface area contributed by atoms with E-state index in [0.717, 1.165) is 52.1 Å². The van der Waals surface area contributed by atoms with Crippen molar-refractivity contribution in [3.05, 3.63) is 29.1 Å². The summed E-state index contributed by atoms with van der Waals surface area (Å²) in [5.74, 6) is -0.916. The number of imide groups is 1. The lowest BCUT2D eigenvalue weighted by Crippen LogP contribution is -2.59. The molecule has 8 nitrogen and oxygen atoms in total.